The highest BCUT2D eigenvalue weighted by molar-refractivity contribution is 5.31. The van der Waals surface area contributed by atoms with Crippen molar-refractivity contribution in [2.24, 2.45) is 5.92 Å². The second kappa shape index (κ2) is 15.6. The zero-order chi connectivity index (χ0) is 30.8. The van der Waals surface area contributed by atoms with E-state index in [1.54, 1.807) is 0 Å². The van der Waals surface area contributed by atoms with Gasteiger partial charge in [0.05, 0.1) is 38.6 Å². The van der Waals surface area contributed by atoms with Crippen LogP contribution in [0.4, 0.5) is 8.78 Å². The smallest absolute Gasteiger partial charge is 0.133 e. The molecular weight excluding hydrogens is 572 g/mol. The lowest BCUT2D eigenvalue weighted by atomic mass is 9.99. The number of benzene rings is 4. The van der Waals surface area contributed by atoms with Crippen LogP contribution >= 0.6 is 0 Å². The summed E-state index contributed by atoms with van der Waals surface area (Å²) in [7, 11) is 0. The molecule has 4 aromatic rings. The van der Waals surface area contributed by atoms with E-state index >= 15 is 8.78 Å². The summed E-state index contributed by atoms with van der Waals surface area (Å²) in [6.07, 6.45) is 1.46. The van der Waals surface area contributed by atoms with Crippen LogP contribution in [0.5, 0.6) is 5.75 Å². The largest absolute Gasteiger partial charge is 0.493 e. The molecule has 0 aromatic heterocycles. The lowest BCUT2D eigenvalue weighted by Crippen LogP contribution is -2.58. The third kappa shape index (κ3) is 9.21. The minimum atomic E-state index is -0.573. The van der Waals surface area contributed by atoms with Gasteiger partial charge in [0.2, 0.25) is 0 Å². The third-order valence-corrected chi connectivity index (χ3v) is 8.48. The second-order valence-corrected chi connectivity index (χ2v) is 12.1. The summed E-state index contributed by atoms with van der Waals surface area (Å²) < 4.78 is 55.5. The molecule has 236 valence electrons. The summed E-state index contributed by atoms with van der Waals surface area (Å²) >= 11 is 0. The van der Waals surface area contributed by atoms with Gasteiger partial charge in [-0.1, -0.05) is 91.0 Å². The fraction of sp³-hybridized carbons (Fsp3) is 0.368. The average molecular weight is 614 g/mol. The fourth-order valence-electron chi connectivity index (χ4n) is 5.72. The predicted molar refractivity (Wildman–Crippen MR) is 170 cm³/mol. The summed E-state index contributed by atoms with van der Waals surface area (Å²) in [6.45, 7) is 3.30. The Hall–Kier alpha value is -3.62. The van der Waals surface area contributed by atoms with Crippen LogP contribution in [0.1, 0.15) is 35.1 Å². The van der Waals surface area contributed by atoms with Gasteiger partial charge in [0.25, 0.3) is 0 Å². The van der Waals surface area contributed by atoms with Crippen LogP contribution < -0.4 is 4.74 Å². The van der Waals surface area contributed by atoms with Gasteiger partial charge in [0.15, 0.2) is 0 Å². The monoisotopic (exact) mass is 613 g/mol. The number of rotatable bonds is 15. The summed E-state index contributed by atoms with van der Waals surface area (Å²) in [5, 5.41) is 0. The first-order chi connectivity index (χ1) is 22.1. The first-order valence-corrected chi connectivity index (χ1v) is 15.9. The highest BCUT2D eigenvalue weighted by Crippen LogP contribution is 2.31. The Morgan fingerprint density at radius 3 is 1.56 bits per heavy atom. The zero-order valence-electron chi connectivity index (χ0n) is 25.5. The van der Waals surface area contributed by atoms with Gasteiger partial charge < -0.3 is 18.9 Å². The van der Waals surface area contributed by atoms with Gasteiger partial charge >= 0.3 is 0 Å². The van der Waals surface area contributed by atoms with Crippen molar-refractivity contribution in [2.45, 2.75) is 57.4 Å². The summed E-state index contributed by atoms with van der Waals surface area (Å²) in [5.41, 5.74) is 3.26. The second-order valence-electron chi connectivity index (χ2n) is 12.1. The maximum absolute atomic E-state index is 15.1. The molecule has 0 radical (unpaired) electrons. The molecule has 1 aliphatic carbocycles. The molecule has 1 saturated carbocycles. The Labute approximate surface area is 264 Å². The van der Waals surface area contributed by atoms with Crippen LogP contribution in [0.15, 0.2) is 103 Å². The highest BCUT2D eigenvalue weighted by atomic mass is 19.1. The van der Waals surface area contributed by atoms with Gasteiger partial charge in [-0.15, -0.1) is 0 Å². The number of hydrogen-bond acceptors (Lipinski definition) is 5. The van der Waals surface area contributed by atoms with Crippen LogP contribution in [-0.4, -0.2) is 49.5 Å². The van der Waals surface area contributed by atoms with Gasteiger partial charge in [-0.05, 0) is 41.9 Å². The minimum absolute atomic E-state index is 0.0692. The van der Waals surface area contributed by atoms with E-state index in [0.717, 1.165) is 29.5 Å². The van der Waals surface area contributed by atoms with Gasteiger partial charge in [0.1, 0.15) is 23.5 Å². The molecule has 2 aliphatic rings. The maximum Gasteiger partial charge on any atom is 0.133 e. The first-order valence-electron chi connectivity index (χ1n) is 15.9. The minimum Gasteiger partial charge on any atom is -0.493 e. The van der Waals surface area contributed by atoms with Crippen molar-refractivity contribution >= 4 is 0 Å². The number of hydrogen-bond donors (Lipinski definition) is 0. The van der Waals surface area contributed by atoms with E-state index in [1.807, 2.05) is 91.0 Å². The molecule has 2 atom stereocenters. The van der Waals surface area contributed by atoms with E-state index in [1.165, 1.54) is 12.1 Å². The van der Waals surface area contributed by atoms with Gasteiger partial charge in [-0.2, -0.15) is 0 Å². The van der Waals surface area contributed by atoms with Crippen LogP contribution in [0.25, 0.3) is 0 Å². The average Bonchev–Trinajstić information content (AvgIpc) is 3.91. The number of ether oxygens (including phenoxy) is 4. The highest BCUT2D eigenvalue weighted by Gasteiger charge is 2.39. The van der Waals surface area contributed by atoms with Gasteiger partial charge in [-0.3, -0.25) is 4.90 Å². The van der Waals surface area contributed by atoms with Crippen molar-refractivity contribution in [2.75, 3.05) is 26.2 Å². The van der Waals surface area contributed by atoms with Crippen molar-refractivity contribution in [3.63, 3.8) is 0 Å². The topological polar surface area (TPSA) is 40.2 Å². The molecule has 1 saturated heterocycles. The SMILES string of the molecule is Fc1cc(OCC2CC2)cc(F)c1CCN1CC(OCc2ccccc2)C(OCc2ccccc2)C(OCc2ccccc2)C1. The van der Waals surface area contributed by atoms with E-state index in [2.05, 4.69) is 4.90 Å². The number of piperidine rings is 1. The third-order valence-electron chi connectivity index (χ3n) is 8.48. The van der Waals surface area contributed by atoms with Crippen molar-refractivity contribution in [1.29, 1.82) is 0 Å². The molecule has 5 nitrogen and oxygen atoms in total. The normalized spacial score (nSPS) is 20.3. The Bertz CT molecular complexity index is 1390. The fourth-order valence-corrected chi connectivity index (χ4v) is 5.72. The molecule has 0 N–H and O–H groups in total. The molecule has 2 unspecified atom stereocenters. The Morgan fingerprint density at radius 1 is 0.622 bits per heavy atom. The molecule has 7 heteroatoms. The molecule has 0 bridgehead atoms. The van der Waals surface area contributed by atoms with Crippen LogP contribution in [0, 0.1) is 17.6 Å². The van der Waals surface area contributed by atoms with Crippen molar-refractivity contribution in [3.05, 3.63) is 137 Å². The predicted octanol–water partition coefficient (Wildman–Crippen LogP) is 7.37. The van der Waals surface area contributed by atoms with Gasteiger partial charge in [0, 0.05) is 37.3 Å². The number of halogens is 2. The molecule has 0 spiro atoms. The van der Waals surface area contributed by atoms with E-state index in [9.17, 15) is 0 Å². The van der Waals surface area contributed by atoms with Crippen molar-refractivity contribution in [1.82, 2.24) is 4.90 Å². The molecule has 0 amide bonds. The lowest BCUT2D eigenvalue weighted by Gasteiger charge is -2.43. The van der Waals surface area contributed by atoms with E-state index in [-0.39, 0.29) is 36.0 Å². The van der Waals surface area contributed by atoms with Crippen LogP contribution in [0.3, 0.4) is 0 Å². The molecular formula is C38H41F2NO4. The Balaban J connectivity index is 1.18. The Morgan fingerprint density at radius 2 is 1.09 bits per heavy atom. The molecule has 45 heavy (non-hydrogen) atoms. The van der Waals surface area contributed by atoms with Crippen molar-refractivity contribution in [3.8, 4) is 5.75 Å². The number of likely N-dealkylation sites (tertiary alicyclic amines) is 1. The molecule has 1 aliphatic heterocycles. The quantitative estimate of drug-likeness (QED) is 0.140. The standard InChI is InChI=1S/C38H41F2NO4/c39-34-20-32(42-24-31-16-17-31)21-35(40)33(34)18-19-41-22-36(43-25-28-10-4-1-5-11-28)38(45-27-30-14-8-3-9-15-30)37(23-41)44-26-29-12-6-2-7-13-29/h1-15,20-21,31,36-38H,16-19,22-27H2. The van der Waals surface area contributed by atoms with Crippen molar-refractivity contribution < 1.29 is 27.7 Å². The maximum atomic E-state index is 15.1. The lowest BCUT2D eigenvalue weighted by molar-refractivity contribution is -0.184. The molecule has 6 rings (SSSR count). The molecule has 4 aromatic carbocycles. The summed E-state index contributed by atoms with van der Waals surface area (Å²) in [4.78, 5) is 2.17. The van der Waals surface area contributed by atoms with Crippen LogP contribution in [0.2, 0.25) is 0 Å². The number of nitrogens with zero attached hydrogens (tertiary/aromatic N) is 1. The summed E-state index contributed by atoms with van der Waals surface area (Å²) in [6, 6.07) is 32.8. The summed E-state index contributed by atoms with van der Waals surface area (Å²) in [5.74, 6) is -0.392. The first kappa shape index (κ1) is 31.4. The van der Waals surface area contributed by atoms with Crippen LogP contribution in [-0.2, 0) is 40.5 Å². The van der Waals surface area contributed by atoms with Gasteiger partial charge in [-0.25, -0.2) is 8.78 Å². The molecule has 1 heterocycles. The van der Waals surface area contributed by atoms with E-state index in [0.29, 0.717) is 52.0 Å². The van der Waals surface area contributed by atoms with E-state index < -0.39 is 11.6 Å². The zero-order valence-corrected chi connectivity index (χ0v) is 25.5. The Kier molecular flexibility index (Phi) is 10.9. The molecule has 2 fully saturated rings. The van der Waals surface area contributed by atoms with E-state index in [4.69, 9.17) is 18.9 Å².